The number of amides is 2. The minimum Gasteiger partial charge on any atom is -0.268 e. The van der Waals surface area contributed by atoms with Crippen LogP contribution in [-0.2, 0) is 15.0 Å². The van der Waals surface area contributed by atoms with E-state index in [2.05, 4.69) is 20.8 Å². The van der Waals surface area contributed by atoms with Crippen LogP contribution in [0.3, 0.4) is 0 Å². The van der Waals surface area contributed by atoms with Crippen molar-refractivity contribution in [2.24, 2.45) is 0 Å². The van der Waals surface area contributed by atoms with Crippen molar-refractivity contribution in [3.63, 3.8) is 0 Å². The van der Waals surface area contributed by atoms with E-state index >= 15 is 0 Å². The first kappa shape index (κ1) is 21.7. The summed E-state index contributed by atoms with van der Waals surface area (Å²) < 4.78 is 0. The second-order valence-electron chi connectivity index (χ2n) is 8.66. The van der Waals surface area contributed by atoms with Crippen LogP contribution in [0.25, 0.3) is 6.08 Å². The minimum absolute atomic E-state index is 0.0164. The third-order valence-electron chi connectivity index (χ3n) is 5.37. The summed E-state index contributed by atoms with van der Waals surface area (Å²) in [6.45, 7) is 6.43. The van der Waals surface area contributed by atoms with Crippen molar-refractivity contribution in [1.82, 2.24) is 0 Å². The summed E-state index contributed by atoms with van der Waals surface area (Å²) in [6, 6.07) is 26.2. The summed E-state index contributed by atoms with van der Waals surface area (Å²) in [6.07, 6.45) is 1.64. The maximum absolute atomic E-state index is 13.5. The summed E-state index contributed by atoms with van der Waals surface area (Å²) in [5.41, 5.74) is 3.27. The number of thiocarbonyl (C=S) groups is 1. The SMILES string of the molecule is CC(C)(C)c1ccc(C=C2C(=O)N(c3ccccc3)C(=S)N(c3ccccc3)C2=O)cc1. The second kappa shape index (κ2) is 8.52. The lowest BCUT2D eigenvalue weighted by Crippen LogP contribution is -2.56. The maximum atomic E-state index is 13.5. The molecule has 0 N–H and O–H groups in total. The fraction of sp³-hybridized carbons (Fsp3) is 0.148. The first-order valence-electron chi connectivity index (χ1n) is 10.4. The molecule has 1 heterocycles. The standard InChI is InChI=1S/C27H24N2O2S/c1-27(2,3)20-16-14-19(15-17-20)18-23-24(30)28(21-10-6-4-7-11-21)26(32)29(25(23)31)22-12-8-5-9-13-22/h4-18H,1-3H3. The van der Waals surface area contributed by atoms with E-state index in [0.29, 0.717) is 11.4 Å². The van der Waals surface area contributed by atoms with Crippen LogP contribution >= 0.6 is 12.2 Å². The fourth-order valence-corrected chi connectivity index (χ4v) is 3.96. The molecule has 1 fully saturated rings. The van der Waals surface area contributed by atoms with Gasteiger partial charge in [-0.05, 0) is 59.1 Å². The molecular weight excluding hydrogens is 416 g/mol. The Morgan fingerprint density at radius 3 is 1.53 bits per heavy atom. The molecule has 0 bridgehead atoms. The van der Waals surface area contributed by atoms with Crippen molar-refractivity contribution < 1.29 is 9.59 Å². The van der Waals surface area contributed by atoms with Crippen LogP contribution in [0.4, 0.5) is 11.4 Å². The quantitative estimate of drug-likeness (QED) is 0.297. The molecule has 0 aliphatic carbocycles. The first-order valence-corrected chi connectivity index (χ1v) is 10.8. The zero-order valence-electron chi connectivity index (χ0n) is 18.3. The summed E-state index contributed by atoms with van der Waals surface area (Å²) >= 11 is 5.63. The third kappa shape index (κ3) is 4.12. The number of carbonyl (C=O) groups is 2. The lowest BCUT2D eigenvalue weighted by atomic mass is 9.86. The van der Waals surface area contributed by atoms with Gasteiger partial charge in [-0.15, -0.1) is 0 Å². The molecule has 0 saturated carbocycles. The van der Waals surface area contributed by atoms with Crippen molar-refractivity contribution in [3.05, 3.63) is 102 Å². The van der Waals surface area contributed by atoms with Gasteiger partial charge in [-0.1, -0.05) is 81.4 Å². The van der Waals surface area contributed by atoms with Gasteiger partial charge in [0.2, 0.25) is 0 Å². The van der Waals surface area contributed by atoms with Gasteiger partial charge in [0.1, 0.15) is 5.57 Å². The molecule has 4 nitrogen and oxygen atoms in total. The zero-order valence-corrected chi connectivity index (χ0v) is 19.1. The molecule has 0 atom stereocenters. The molecular formula is C27H24N2O2S. The van der Waals surface area contributed by atoms with E-state index in [0.717, 1.165) is 5.56 Å². The summed E-state index contributed by atoms with van der Waals surface area (Å²) in [7, 11) is 0. The smallest absolute Gasteiger partial charge is 0.268 e. The van der Waals surface area contributed by atoms with Crippen molar-refractivity contribution >= 4 is 46.6 Å². The molecule has 5 heteroatoms. The van der Waals surface area contributed by atoms with Crippen LogP contribution in [0, 0.1) is 0 Å². The van der Waals surface area contributed by atoms with Crippen LogP contribution in [0.15, 0.2) is 90.5 Å². The van der Waals surface area contributed by atoms with Gasteiger partial charge in [0.05, 0.1) is 11.4 Å². The number of para-hydroxylation sites is 2. The Morgan fingerprint density at radius 1 is 0.688 bits per heavy atom. The largest absolute Gasteiger partial charge is 0.270 e. The van der Waals surface area contributed by atoms with Crippen LogP contribution in [0.2, 0.25) is 0 Å². The van der Waals surface area contributed by atoms with E-state index in [4.69, 9.17) is 12.2 Å². The van der Waals surface area contributed by atoms with Crippen LogP contribution in [0.1, 0.15) is 31.9 Å². The van der Waals surface area contributed by atoms with E-state index in [1.165, 1.54) is 15.4 Å². The second-order valence-corrected chi connectivity index (χ2v) is 9.03. The predicted molar refractivity (Wildman–Crippen MR) is 134 cm³/mol. The molecule has 0 radical (unpaired) electrons. The van der Waals surface area contributed by atoms with Gasteiger partial charge < -0.3 is 0 Å². The van der Waals surface area contributed by atoms with Gasteiger partial charge >= 0.3 is 0 Å². The highest BCUT2D eigenvalue weighted by Crippen LogP contribution is 2.30. The van der Waals surface area contributed by atoms with E-state index in [9.17, 15) is 9.59 Å². The van der Waals surface area contributed by atoms with Gasteiger partial charge in [-0.3, -0.25) is 19.4 Å². The monoisotopic (exact) mass is 440 g/mol. The normalized spacial score (nSPS) is 14.7. The highest BCUT2D eigenvalue weighted by molar-refractivity contribution is 7.81. The number of rotatable bonds is 3. The Balaban J connectivity index is 1.81. The van der Waals surface area contributed by atoms with Gasteiger partial charge in [-0.2, -0.15) is 0 Å². The highest BCUT2D eigenvalue weighted by atomic mass is 32.1. The van der Waals surface area contributed by atoms with E-state index in [1.54, 1.807) is 30.3 Å². The van der Waals surface area contributed by atoms with Crippen molar-refractivity contribution in [2.45, 2.75) is 26.2 Å². The van der Waals surface area contributed by atoms with Crippen molar-refractivity contribution in [2.75, 3.05) is 9.80 Å². The Bertz CT molecular complexity index is 1130. The molecule has 4 rings (SSSR count). The number of nitrogens with zero attached hydrogens (tertiary/aromatic N) is 2. The topological polar surface area (TPSA) is 40.6 Å². The molecule has 3 aromatic carbocycles. The molecule has 0 aromatic heterocycles. The lowest BCUT2D eigenvalue weighted by Gasteiger charge is -2.36. The summed E-state index contributed by atoms with van der Waals surface area (Å²) in [5.74, 6) is -0.864. The molecule has 32 heavy (non-hydrogen) atoms. The predicted octanol–water partition coefficient (Wildman–Crippen LogP) is 5.73. The lowest BCUT2D eigenvalue weighted by molar-refractivity contribution is -0.120. The molecule has 1 aliphatic rings. The molecule has 1 aliphatic heterocycles. The molecule has 0 unspecified atom stereocenters. The fourth-order valence-electron chi connectivity index (χ4n) is 3.59. The minimum atomic E-state index is -0.432. The average molecular weight is 441 g/mol. The van der Waals surface area contributed by atoms with Crippen LogP contribution < -0.4 is 9.80 Å². The Morgan fingerprint density at radius 2 is 1.12 bits per heavy atom. The third-order valence-corrected chi connectivity index (χ3v) is 5.73. The number of hydrogen-bond donors (Lipinski definition) is 0. The Labute approximate surface area is 193 Å². The maximum Gasteiger partial charge on any atom is 0.270 e. The Kier molecular flexibility index (Phi) is 5.76. The van der Waals surface area contributed by atoms with Gasteiger partial charge in [-0.25, -0.2) is 0 Å². The molecule has 1 saturated heterocycles. The van der Waals surface area contributed by atoms with Crippen LogP contribution in [-0.4, -0.2) is 16.9 Å². The van der Waals surface area contributed by atoms with Crippen LogP contribution in [0.5, 0.6) is 0 Å². The number of carbonyl (C=O) groups excluding carboxylic acids is 2. The highest BCUT2D eigenvalue weighted by Gasteiger charge is 2.41. The molecule has 2 amide bonds. The number of anilines is 2. The van der Waals surface area contributed by atoms with Gasteiger partial charge in [0.25, 0.3) is 11.8 Å². The molecule has 0 spiro atoms. The van der Waals surface area contributed by atoms with Gasteiger partial charge in [0, 0.05) is 0 Å². The first-order chi connectivity index (χ1) is 15.3. The molecule has 160 valence electrons. The van der Waals surface area contributed by atoms with Crippen molar-refractivity contribution in [1.29, 1.82) is 0 Å². The number of benzene rings is 3. The van der Waals surface area contributed by atoms with E-state index < -0.39 is 11.8 Å². The van der Waals surface area contributed by atoms with Crippen molar-refractivity contribution in [3.8, 4) is 0 Å². The average Bonchev–Trinajstić information content (AvgIpc) is 2.78. The number of hydrogen-bond acceptors (Lipinski definition) is 3. The summed E-state index contributed by atoms with van der Waals surface area (Å²) in [5, 5.41) is 0.137. The van der Waals surface area contributed by atoms with E-state index in [1.807, 2.05) is 60.7 Å². The molecule has 3 aromatic rings. The van der Waals surface area contributed by atoms with Gasteiger partial charge in [0.15, 0.2) is 5.11 Å². The van der Waals surface area contributed by atoms with E-state index in [-0.39, 0.29) is 16.1 Å². The summed E-state index contributed by atoms with van der Waals surface area (Å²) in [4.78, 5) is 29.8. The Hall–Kier alpha value is -3.57. The zero-order chi connectivity index (χ0) is 22.9.